The summed E-state index contributed by atoms with van der Waals surface area (Å²) in [6.07, 6.45) is 3.13. The van der Waals surface area contributed by atoms with Gasteiger partial charge < -0.3 is 19.7 Å². The number of halogens is 2. The van der Waals surface area contributed by atoms with Crippen molar-refractivity contribution in [3.05, 3.63) is 58.3 Å². The number of nitrogens with zero attached hydrogens (tertiary/aromatic N) is 4. The Kier molecular flexibility index (Phi) is 6.01. The summed E-state index contributed by atoms with van der Waals surface area (Å²) in [7, 11) is 0. The largest absolute Gasteiger partial charge is 0.355 e. The van der Waals surface area contributed by atoms with E-state index < -0.39 is 11.8 Å². The van der Waals surface area contributed by atoms with Gasteiger partial charge in [0.2, 0.25) is 0 Å². The number of benzene rings is 1. The summed E-state index contributed by atoms with van der Waals surface area (Å²) in [6.45, 7) is 4.58. The first-order valence-electron chi connectivity index (χ1n) is 10.7. The van der Waals surface area contributed by atoms with E-state index in [-0.39, 0.29) is 0 Å². The van der Waals surface area contributed by atoms with Crippen LogP contribution in [-0.2, 0) is 9.47 Å². The quantitative estimate of drug-likeness (QED) is 0.560. The van der Waals surface area contributed by atoms with E-state index in [0.717, 1.165) is 31.5 Å². The second-order valence-electron chi connectivity index (χ2n) is 8.14. The lowest BCUT2D eigenvalue weighted by atomic mass is 10.0. The molecule has 0 bridgehead atoms. The average Bonchev–Trinajstić information content (AvgIpc) is 3.42. The number of nitrogens with one attached hydrogen (secondary N) is 1. The van der Waals surface area contributed by atoms with Crippen LogP contribution in [0.4, 0.5) is 16.3 Å². The van der Waals surface area contributed by atoms with Gasteiger partial charge in [-0.25, -0.2) is 9.78 Å². The number of carbonyl (C=O) groups is 1. The van der Waals surface area contributed by atoms with Crippen LogP contribution >= 0.6 is 23.2 Å². The molecular formula is C23H23Cl2N5O3. The summed E-state index contributed by atoms with van der Waals surface area (Å²) in [5.74, 6) is 0.228. The van der Waals surface area contributed by atoms with Crippen LogP contribution in [-0.4, -0.2) is 52.9 Å². The molecular weight excluding hydrogens is 465 g/mol. The number of amides is 1. The van der Waals surface area contributed by atoms with Gasteiger partial charge in [0.05, 0.1) is 35.8 Å². The minimum Gasteiger partial charge on any atom is -0.355 e. The second kappa shape index (κ2) is 8.95. The smallest absolute Gasteiger partial charge is 0.346 e. The Morgan fingerprint density at radius 3 is 2.45 bits per heavy atom. The van der Waals surface area contributed by atoms with E-state index in [4.69, 9.17) is 32.7 Å². The van der Waals surface area contributed by atoms with Crippen molar-refractivity contribution in [2.24, 2.45) is 0 Å². The Bertz CT molecular complexity index is 1170. The molecule has 2 aliphatic heterocycles. The van der Waals surface area contributed by atoms with E-state index in [1.165, 1.54) is 4.68 Å². The van der Waals surface area contributed by atoms with Crippen molar-refractivity contribution < 1.29 is 14.3 Å². The number of piperidine rings is 1. The molecule has 5 rings (SSSR count). The van der Waals surface area contributed by atoms with Crippen LogP contribution in [0, 0.1) is 6.92 Å². The van der Waals surface area contributed by atoms with Crippen LogP contribution in [0.1, 0.15) is 18.5 Å². The average molecular weight is 488 g/mol. The Morgan fingerprint density at radius 2 is 1.79 bits per heavy atom. The molecule has 172 valence electrons. The number of hydrogen-bond donors (Lipinski definition) is 1. The van der Waals surface area contributed by atoms with Crippen molar-refractivity contribution in [2.45, 2.75) is 25.6 Å². The molecule has 2 aromatic heterocycles. The molecule has 33 heavy (non-hydrogen) atoms. The first kappa shape index (κ1) is 22.2. The van der Waals surface area contributed by atoms with Crippen LogP contribution in [0.2, 0.25) is 10.0 Å². The van der Waals surface area contributed by atoms with E-state index in [1.54, 1.807) is 24.4 Å². The van der Waals surface area contributed by atoms with Crippen LogP contribution in [0.25, 0.3) is 11.3 Å². The van der Waals surface area contributed by atoms with Crippen molar-refractivity contribution in [1.82, 2.24) is 14.8 Å². The molecule has 1 N–H and O–H groups in total. The highest BCUT2D eigenvalue weighted by Crippen LogP contribution is 2.35. The molecule has 3 aromatic rings. The van der Waals surface area contributed by atoms with E-state index in [0.29, 0.717) is 46.2 Å². The minimum atomic E-state index is -0.455. The molecule has 8 nitrogen and oxygen atoms in total. The third-order valence-electron chi connectivity index (χ3n) is 5.93. The van der Waals surface area contributed by atoms with Crippen molar-refractivity contribution in [3.63, 3.8) is 0 Å². The maximum Gasteiger partial charge on any atom is 0.346 e. The number of rotatable bonds is 3. The standard InChI is InChI=1S/C23H23Cl2N5O3/c1-15-12-20(16-2-4-17(24)5-3-16)28-30(15)22(31)27-18-13-19(25)21(26-14-18)29-8-6-23(7-9-29)32-10-11-33-23/h2-5,12-14H,6-11H2,1H3,(H,27,31). The zero-order valence-corrected chi connectivity index (χ0v) is 19.6. The molecule has 2 fully saturated rings. The van der Waals surface area contributed by atoms with Gasteiger partial charge in [0.25, 0.3) is 0 Å². The van der Waals surface area contributed by atoms with E-state index >= 15 is 0 Å². The Morgan fingerprint density at radius 1 is 1.09 bits per heavy atom. The summed E-state index contributed by atoms with van der Waals surface area (Å²) in [5.41, 5.74) is 2.75. The van der Waals surface area contributed by atoms with E-state index in [9.17, 15) is 4.79 Å². The topological polar surface area (TPSA) is 81.5 Å². The lowest BCUT2D eigenvalue weighted by Crippen LogP contribution is -2.45. The summed E-state index contributed by atoms with van der Waals surface area (Å²) in [6, 6.07) is 10.5. The summed E-state index contributed by atoms with van der Waals surface area (Å²) < 4.78 is 12.9. The fraction of sp³-hybridized carbons (Fsp3) is 0.348. The fourth-order valence-electron chi connectivity index (χ4n) is 4.19. The van der Waals surface area contributed by atoms with Gasteiger partial charge in [-0.3, -0.25) is 0 Å². The fourth-order valence-corrected chi connectivity index (χ4v) is 4.61. The lowest BCUT2D eigenvalue weighted by molar-refractivity contribution is -0.169. The number of carbonyl (C=O) groups excluding carboxylic acids is 1. The van der Waals surface area contributed by atoms with Gasteiger partial charge in [0.15, 0.2) is 5.79 Å². The molecule has 1 spiro atoms. The predicted octanol–water partition coefficient (Wildman–Crippen LogP) is 4.98. The van der Waals surface area contributed by atoms with Gasteiger partial charge in [-0.05, 0) is 31.2 Å². The number of hydrogen-bond acceptors (Lipinski definition) is 6. The zero-order valence-electron chi connectivity index (χ0n) is 18.1. The number of ether oxygens (including phenoxy) is 2. The first-order valence-corrected chi connectivity index (χ1v) is 11.5. The Hall–Kier alpha value is -2.65. The molecule has 10 heteroatoms. The molecule has 0 saturated carbocycles. The monoisotopic (exact) mass is 487 g/mol. The Balaban J connectivity index is 1.27. The second-order valence-corrected chi connectivity index (χ2v) is 8.99. The summed E-state index contributed by atoms with van der Waals surface area (Å²) >= 11 is 12.5. The highest BCUT2D eigenvalue weighted by Gasteiger charge is 2.40. The summed E-state index contributed by atoms with van der Waals surface area (Å²) in [5, 5.41) is 8.36. The van der Waals surface area contributed by atoms with E-state index in [1.807, 2.05) is 25.1 Å². The van der Waals surface area contributed by atoms with Crippen LogP contribution in [0.3, 0.4) is 0 Å². The summed E-state index contributed by atoms with van der Waals surface area (Å²) in [4.78, 5) is 19.4. The highest BCUT2D eigenvalue weighted by atomic mass is 35.5. The SMILES string of the molecule is Cc1cc(-c2ccc(Cl)cc2)nn1C(=O)Nc1cnc(N2CCC3(CC2)OCCO3)c(Cl)c1. The van der Waals surface area contributed by atoms with Gasteiger partial charge in [-0.15, -0.1) is 0 Å². The van der Waals surface area contributed by atoms with Gasteiger partial charge in [-0.1, -0.05) is 35.3 Å². The maximum atomic E-state index is 12.8. The third kappa shape index (κ3) is 4.56. The molecule has 2 saturated heterocycles. The van der Waals surface area contributed by atoms with Crippen molar-refractivity contribution in [2.75, 3.05) is 36.5 Å². The third-order valence-corrected chi connectivity index (χ3v) is 6.46. The van der Waals surface area contributed by atoms with Gasteiger partial charge in [0.1, 0.15) is 5.82 Å². The molecule has 0 radical (unpaired) electrons. The highest BCUT2D eigenvalue weighted by molar-refractivity contribution is 6.33. The molecule has 0 unspecified atom stereocenters. The van der Waals surface area contributed by atoms with Crippen LogP contribution in [0.5, 0.6) is 0 Å². The van der Waals surface area contributed by atoms with Crippen molar-refractivity contribution in [1.29, 1.82) is 0 Å². The first-order chi connectivity index (χ1) is 15.9. The van der Waals surface area contributed by atoms with Crippen molar-refractivity contribution in [3.8, 4) is 11.3 Å². The number of aromatic nitrogens is 3. The predicted molar refractivity (Wildman–Crippen MR) is 127 cm³/mol. The Labute approximate surface area is 201 Å². The van der Waals surface area contributed by atoms with Gasteiger partial charge in [-0.2, -0.15) is 9.78 Å². The molecule has 0 aliphatic carbocycles. The molecule has 1 aromatic carbocycles. The maximum absolute atomic E-state index is 12.8. The minimum absolute atomic E-state index is 0.395. The van der Waals surface area contributed by atoms with Gasteiger partial charge in [0, 0.05) is 42.2 Å². The van der Waals surface area contributed by atoms with Crippen LogP contribution < -0.4 is 10.2 Å². The normalized spacial score (nSPS) is 17.5. The molecule has 2 aliphatic rings. The zero-order chi connectivity index (χ0) is 23.0. The van der Waals surface area contributed by atoms with Crippen molar-refractivity contribution >= 4 is 40.7 Å². The van der Waals surface area contributed by atoms with E-state index in [2.05, 4.69) is 20.3 Å². The number of pyridine rings is 1. The number of anilines is 2. The van der Waals surface area contributed by atoms with Crippen LogP contribution in [0.15, 0.2) is 42.6 Å². The molecule has 4 heterocycles. The molecule has 0 atom stereocenters. The number of aryl methyl sites for hydroxylation is 1. The lowest BCUT2D eigenvalue weighted by Gasteiger charge is -2.38. The van der Waals surface area contributed by atoms with Gasteiger partial charge >= 0.3 is 6.03 Å². The molecule has 1 amide bonds.